The molecule has 104 valence electrons. The van der Waals surface area contributed by atoms with Gasteiger partial charge in [0.05, 0.1) is 0 Å². The minimum Gasteiger partial charge on any atom is -0.370 e. The van der Waals surface area contributed by atoms with E-state index in [0.29, 0.717) is 6.54 Å². The minimum atomic E-state index is -0.0136. The smallest absolute Gasteiger partial charge is 0.243 e. The fourth-order valence-electron chi connectivity index (χ4n) is 1.92. The lowest BCUT2D eigenvalue weighted by molar-refractivity contribution is -0.116. The van der Waals surface area contributed by atoms with Gasteiger partial charge >= 0.3 is 0 Å². The number of benzene rings is 1. The van der Waals surface area contributed by atoms with Crippen molar-refractivity contribution in [3.05, 3.63) is 41.5 Å². The Bertz CT molecular complexity index is 448. The molecule has 0 fully saturated rings. The van der Waals surface area contributed by atoms with Crippen LogP contribution in [0.2, 0.25) is 0 Å². The van der Waals surface area contributed by atoms with Crippen LogP contribution in [0.5, 0.6) is 0 Å². The zero-order chi connectivity index (χ0) is 14.3. The number of carbonyl (C=O) groups excluding carboxylic acids is 1. The van der Waals surface area contributed by atoms with Crippen LogP contribution in [0.3, 0.4) is 0 Å². The van der Waals surface area contributed by atoms with E-state index in [-0.39, 0.29) is 5.91 Å². The van der Waals surface area contributed by atoms with Gasteiger partial charge in [0.2, 0.25) is 5.91 Å². The van der Waals surface area contributed by atoms with Gasteiger partial charge in [-0.25, -0.2) is 0 Å². The number of aryl methyl sites for hydroxylation is 1. The van der Waals surface area contributed by atoms with Gasteiger partial charge < -0.3 is 10.2 Å². The van der Waals surface area contributed by atoms with Crippen molar-refractivity contribution in [3.63, 3.8) is 0 Å². The van der Waals surface area contributed by atoms with Crippen molar-refractivity contribution in [3.8, 4) is 0 Å². The molecule has 1 aromatic carbocycles. The zero-order valence-corrected chi connectivity index (χ0v) is 12.4. The fourth-order valence-corrected chi connectivity index (χ4v) is 1.92. The van der Waals surface area contributed by atoms with E-state index in [1.807, 2.05) is 13.8 Å². The largest absolute Gasteiger partial charge is 0.370 e. The molecule has 3 heteroatoms. The van der Waals surface area contributed by atoms with E-state index in [2.05, 4.69) is 48.3 Å². The van der Waals surface area contributed by atoms with Crippen molar-refractivity contribution < 1.29 is 4.79 Å². The molecule has 0 spiro atoms. The second kappa shape index (κ2) is 7.62. The third-order valence-electron chi connectivity index (χ3n) is 2.85. The summed E-state index contributed by atoms with van der Waals surface area (Å²) in [5.74, 6) is -0.0136. The summed E-state index contributed by atoms with van der Waals surface area (Å²) in [6.45, 7) is 10.5. The van der Waals surface area contributed by atoms with Gasteiger partial charge in [-0.15, -0.1) is 0 Å². The summed E-state index contributed by atoms with van der Waals surface area (Å²) in [4.78, 5) is 13.8. The molecular weight excluding hydrogens is 236 g/mol. The summed E-state index contributed by atoms with van der Waals surface area (Å²) in [5, 5.41) is 2.91. The standard InChI is InChI=1S/C16H24N2O/c1-5-18(15-8-6-7-14(4)12-15)10-9-17-16(19)11-13(2)3/h6-8,11-12H,5,9-10H2,1-4H3,(H,17,19). The van der Waals surface area contributed by atoms with Crippen molar-refractivity contribution in [1.82, 2.24) is 5.32 Å². The SMILES string of the molecule is CCN(CCNC(=O)C=C(C)C)c1cccc(C)c1. The predicted octanol–water partition coefficient (Wildman–Crippen LogP) is 2.90. The average molecular weight is 260 g/mol. The lowest BCUT2D eigenvalue weighted by atomic mass is 10.2. The van der Waals surface area contributed by atoms with E-state index in [1.165, 1.54) is 11.3 Å². The Kier molecular flexibility index (Phi) is 6.13. The van der Waals surface area contributed by atoms with Gasteiger partial charge in [-0.05, 0) is 45.4 Å². The minimum absolute atomic E-state index is 0.0136. The molecule has 1 N–H and O–H groups in total. The Morgan fingerprint density at radius 1 is 1.37 bits per heavy atom. The number of nitrogens with one attached hydrogen (secondary N) is 1. The molecule has 0 bridgehead atoms. The van der Waals surface area contributed by atoms with Gasteiger partial charge in [-0.2, -0.15) is 0 Å². The van der Waals surface area contributed by atoms with Crippen molar-refractivity contribution in [2.75, 3.05) is 24.5 Å². The van der Waals surface area contributed by atoms with Crippen LogP contribution in [0.25, 0.3) is 0 Å². The highest BCUT2D eigenvalue weighted by molar-refractivity contribution is 5.88. The van der Waals surface area contributed by atoms with Crippen molar-refractivity contribution in [1.29, 1.82) is 0 Å². The van der Waals surface area contributed by atoms with Crippen LogP contribution >= 0.6 is 0 Å². The Hall–Kier alpha value is -1.77. The molecule has 0 atom stereocenters. The zero-order valence-electron chi connectivity index (χ0n) is 12.4. The number of rotatable bonds is 6. The first kappa shape index (κ1) is 15.3. The third kappa shape index (κ3) is 5.60. The van der Waals surface area contributed by atoms with Gasteiger partial charge in [0.15, 0.2) is 0 Å². The maximum atomic E-state index is 11.5. The molecule has 0 saturated heterocycles. The molecule has 1 rings (SSSR count). The van der Waals surface area contributed by atoms with Crippen LogP contribution in [0.15, 0.2) is 35.9 Å². The van der Waals surface area contributed by atoms with E-state index in [9.17, 15) is 4.79 Å². The van der Waals surface area contributed by atoms with E-state index in [0.717, 1.165) is 18.7 Å². The average Bonchev–Trinajstić information content (AvgIpc) is 2.33. The van der Waals surface area contributed by atoms with Crippen LogP contribution in [-0.4, -0.2) is 25.5 Å². The molecule has 0 aromatic heterocycles. The molecule has 19 heavy (non-hydrogen) atoms. The Labute approximate surface area is 116 Å². The summed E-state index contributed by atoms with van der Waals surface area (Å²) in [7, 11) is 0. The first-order chi connectivity index (χ1) is 9.02. The van der Waals surface area contributed by atoms with Crippen LogP contribution < -0.4 is 10.2 Å². The Morgan fingerprint density at radius 2 is 2.11 bits per heavy atom. The highest BCUT2D eigenvalue weighted by Crippen LogP contribution is 2.14. The van der Waals surface area contributed by atoms with Gasteiger partial charge in [0, 0.05) is 31.4 Å². The molecule has 0 saturated carbocycles. The number of likely N-dealkylation sites (N-methyl/N-ethyl adjacent to an activating group) is 1. The van der Waals surface area contributed by atoms with E-state index in [1.54, 1.807) is 6.08 Å². The molecule has 0 heterocycles. The lowest BCUT2D eigenvalue weighted by Crippen LogP contribution is -2.34. The molecule has 1 amide bonds. The van der Waals surface area contributed by atoms with Crippen molar-refractivity contribution in [2.24, 2.45) is 0 Å². The third-order valence-corrected chi connectivity index (χ3v) is 2.85. The number of carbonyl (C=O) groups is 1. The maximum Gasteiger partial charge on any atom is 0.243 e. The van der Waals surface area contributed by atoms with Crippen LogP contribution in [0.4, 0.5) is 5.69 Å². The quantitative estimate of drug-likeness (QED) is 0.798. The summed E-state index contributed by atoms with van der Waals surface area (Å²) in [6.07, 6.45) is 1.63. The number of anilines is 1. The topological polar surface area (TPSA) is 32.3 Å². The monoisotopic (exact) mass is 260 g/mol. The summed E-state index contributed by atoms with van der Waals surface area (Å²) in [6, 6.07) is 8.43. The Morgan fingerprint density at radius 3 is 2.68 bits per heavy atom. The van der Waals surface area contributed by atoms with Gasteiger partial charge in [0.25, 0.3) is 0 Å². The molecule has 0 radical (unpaired) electrons. The summed E-state index contributed by atoms with van der Waals surface area (Å²) >= 11 is 0. The molecule has 0 aliphatic carbocycles. The Balaban J connectivity index is 2.50. The normalized spacial score (nSPS) is 9.89. The summed E-state index contributed by atoms with van der Waals surface area (Å²) < 4.78 is 0. The number of nitrogens with zero attached hydrogens (tertiary/aromatic N) is 1. The predicted molar refractivity (Wildman–Crippen MR) is 81.5 cm³/mol. The van der Waals surface area contributed by atoms with Crippen LogP contribution in [-0.2, 0) is 4.79 Å². The highest BCUT2D eigenvalue weighted by atomic mass is 16.1. The van der Waals surface area contributed by atoms with E-state index in [4.69, 9.17) is 0 Å². The molecular formula is C16H24N2O. The number of hydrogen-bond donors (Lipinski definition) is 1. The number of amides is 1. The number of hydrogen-bond acceptors (Lipinski definition) is 2. The van der Waals surface area contributed by atoms with Gasteiger partial charge in [0.1, 0.15) is 0 Å². The fraction of sp³-hybridized carbons (Fsp3) is 0.438. The van der Waals surface area contributed by atoms with E-state index < -0.39 is 0 Å². The van der Waals surface area contributed by atoms with Crippen molar-refractivity contribution in [2.45, 2.75) is 27.7 Å². The second-order valence-electron chi connectivity index (χ2n) is 4.93. The van der Waals surface area contributed by atoms with Gasteiger partial charge in [-0.3, -0.25) is 4.79 Å². The van der Waals surface area contributed by atoms with Crippen LogP contribution in [0.1, 0.15) is 26.3 Å². The second-order valence-corrected chi connectivity index (χ2v) is 4.93. The molecule has 3 nitrogen and oxygen atoms in total. The first-order valence-electron chi connectivity index (χ1n) is 6.77. The number of allylic oxidation sites excluding steroid dienone is 1. The maximum absolute atomic E-state index is 11.5. The molecule has 0 aliphatic heterocycles. The first-order valence-corrected chi connectivity index (χ1v) is 6.77. The highest BCUT2D eigenvalue weighted by Gasteiger charge is 2.04. The lowest BCUT2D eigenvalue weighted by Gasteiger charge is -2.23. The van der Waals surface area contributed by atoms with Crippen molar-refractivity contribution >= 4 is 11.6 Å². The van der Waals surface area contributed by atoms with Crippen LogP contribution in [0, 0.1) is 6.92 Å². The van der Waals surface area contributed by atoms with Gasteiger partial charge in [-0.1, -0.05) is 17.7 Å². The molecule has 1 aromatic rings. The molecule has 0 unspecified atom stereocenters. The molecule has 0 aliphatic rings. The van der Waals surface area contributed by atoms with E-state index >= 15 is 0 Å². The summed E-state index contributed by atoms with van der Waals surface area (Å²) in [5.41, 5.74) is 3.48.